The van der Waals surface area contributed by atoms with Gasteiger partial charge in [0, 0.05) is 25.2 Å². The van der Waals surface area contributed by atoms with E-state index in [0.29, 0.717) is 12.5 Å². The third kappa shape index (κ3) is 3.98. The van der Waals surface area contributed by atoms with Crippen LogP contribution < -0.4 is 9.64 Å². The van der Waals surface area contributed by atoms with E-state index < -0.39 is 0 Å². The van der Waals surface area contributed by atoms with Crippen molar-refractivity contribution in [2.24, 2.45) is 0 Å². The van der Waals surface area contributed by atoms with Crippen LogP contribution in [0.4, 0.5) is 11.4 Å². The highest BCUT2D eigenvalue weighted by molar-refractivity contribution is 6.03. The number of carbonyl (C=O) groups is 1. The Morgan fingerprint density at radius 1 is 1.26 bits per heavy atom. The summed E-state index contributed by atoms with van der Waals surface area (Å²) in [5.74, 6) is 1.01. The number of hydrogen-bond donors (Lipinski definition) is 0. The van der Waals surface area contributed by atoms with Crippen molar-refractivity contribution in [3.63, 3.8) is 0 Å². The van der Waals surface area contributed by atoms with Crippen LogP contribution in [-0.2, 0) is 11.2 Å². The fourth-order valence-corrected chi connectivity index (χ4v) is 4.11. The normalized spacial score (nSPS) is 20.0. The van der Waals surface area contributed by atoms with Crippen LogP contribution in [0.25, 0.3) is 0 Å². The molecule has 1 amide bonds. The maximum absolute atomic E-state index is 12.5. The van der Waals surface area contributed by atoms with Gasteiger partial charge in [-0.3, -0.25) is 14.7 Å². The Morgan fingerprint density at radius 3 is 2.96 bits per heavy atom. The summed E-state index contributed by atoms with van der Waals surface area (Å²) in [7, 11) is 0. The topological polar surface area (TPSA) is 45.7 Å². The van der Waals surface area contributed by atoms with Gasteiger partial charge in [-0.2, -0.15) is 0 Å². The summed E-state index contributed by atoms with van der Waals surface area (Å²) < 4.78 is 5.99. The van der Waals surface area contributed by atoms with E-state index in [2.05, 4.69) is 22.9 Å². The number of hydrogen-bond acceptors (Lipinski definition) is 4. The highest BCUT2D eigenvalue weighted by Crippen LogP contribution is 2.35. The molecule has 0 aliphatic carbocycles. The SMILES string of the molecule is C[C@@H]1CCCN1CCCOc1ccc2c(c1)CCC(=O)N2c1cccnc1. The lowest BCUT2D eigenvalue weighted by Crippen LogP contribution is -2.30. The van der Waals surface area contributed by atoms with Crippen LogP contribution in [0.15, 0.2) is 42.7 Å². The van der Waals surface area contributed by atoms with Crippen molar-refractivity contribution in [1.82, 2.24) is 9.88 Å². The first-order valence-electron chi connectivity index (χ1n) is 9.95. The summed E-state index contributed by atoms with van der Waals surface area (Å²) in [4.78, 5) is 20.9. The van der Waals surface area contributed by atoms with Gasteiger partial charge < -0.3 is 9.64 Å². The molecular weight excluding hydrogens is 338 g/mol. The van der Waals surface area contributed by atoms with E-state index >= 15 is 0 Å². The molecule has 0 radical (unpaired) electrons. The van der Waals surface area contributed by atoms with Crippen molar-refractivity contribution >= 4 is 17.3 Å². The zero-order chi connectivity index (χ0) is 18.6. The Morgan fingerprint density at radius 2 is 2.19 bits per heavy atom. The molecule has 0 N–H and O–H groups in total. The Hall–Kier alpha value is -2.40. The van der Waals surface area contributed by atoms with Crippen LogP contribution in [0.3, 0.4) is 0 Å². The molecule has 1 saturated heterocycles. The van der Waals surface area contributed by atoms with Gasteiger partial charge in [-0.25, -0.2) is 0 Å². The quantitative estimate of drug-likeness (QED) is 0.727. The molecule has 2 aromatic rings. The third-order valence-electron chi connectivity index (χ3n) is 5.60. The number of benzene rings is 1. The summed E-state index contributed by atoms with van der Waals surface area (Å²) in [6.45, 7) is 5.37. The first-order valence-corrected chi connectivity index (χ1v) is 9.95. The zero-order valence-electron chi connectivity index (χ0n) is 15.9. The molecule has 2 aliphatic heterocycles. The molecule has 2 aliphatic rings. The number of aryl methyl sites for hydroxylation is 1. The maximum atomic E-state index is 12.5. The van der Waals surface area contributed by atoms with Gasteiger partial charge in [0.2, 0.25) is 5.91 Å². The number of nitrogens with zero attached hydrogens (tertiary/aromatic N) is 3. The molecule has 1 fully saturated rings. The molecule has 3 heterocycles. The lowest BCUT2D eigenvalue weighted by atomic mass is 10.0. The van der Waals surface area contributed by atoms with E-state index in [1.165, 1.54) is 19.4 Å². The Bertz CT molecular complexity index is 793. The van der Waals surface area contributed by atoms with E-state index in [4.69, 9.17) is 4.74 Å². The molecule has 142 valence electrons. The molecule has 0 spiro atoms. The van der Waals surface area contributed by atoms with Crippen molar-refractivity contribution in [1.29, 1.82) is 0 Å². The van der Waals surface area contributed by atoms with Gasteiger partial charge in [-0.15, -0.1) is 0 Å². The van der Waals surface area contributed by atoms with Gasteiger partial charge in [-0.1, -0.05) is 0 Å². The monoisotopic (exact) mass is 365 g/mol. The Balaban J connectivity index is 1.40. The van der Waals surface area contributed by atoms with E-state index in [1.807, 2.05) is 24.3 Å². The maximum Gasteiger partial charge on any atom is 0.231 e. The first-order chi connectivity index (χ1) is 13.2. The van der Waals surface area contributed by atoms with Crippen molar-refractivity contribution < 1.29 is 9.53 Å². The minimum atomic E-state index is 0.115. The summed E-state index contributed by atoms with van der Waals surface area (Å²) in [6, 6.07) is 10.5. The van der Waals surface area contributed by atoms with E-state index in [-0.39, 0.29) is 5.91 Å². The smallest absolute Gasteiger partial charge is 0.231 e. The van der Waals surface area contributed by atoms with Gasteiger partial charge in [0.25, 0.3) is 0 Å². The predicted molar refractivity (Wildman–Crippen MR) is 107 cm³/mol. The Kier molecular flexibility index (Phi) is 5.39. The van der Waals surface area contributed by atoms with Crippen molar-refractivity contribution in [2.75, 3.05) is 24.6 Å². The highest BCUT2D eigenvalue weighted by atomic mass is 16.5. The van der Waals surface area contributed by atoms with Crippen LogP contribution in [0.1, 0.15) is 38.2 Å². The van der Waals surface area contributed by atoms with Gasteiger partial charge >= 0.3 is 0 Å². The second-order valence-electron chi connectivity index (χ2n) is 7.46. The van der Waals surface area contributed by atoms with Crippen molar-refractivity contribution in [3.8, 4) is 5.75 Å². The molecular formula is C22H27N3O2. The molecule has 0 saturated carbocycles. The van der Waals surface area contributed by atoms with Gasteiger partial charge in [0.15, 0.2) is 0 Å². The number of carbonyl (C=O) groups excluding carboxylic acids is 1. The number of pyridine rings is 1. The van der Waals surface area contributed by atoms with E-state index in [9.17, 15) is 4.79 Å². The molecule has 0 bridgehead atoms. The first kappa shape index (κ1) is 18.0. The second kappa shape index (κ2) is 8.09. The molecule has 27 heavy (non-hydrogen) atoms. The van der Waals surface area contributed by atoms with E-state index in [1.54, 1.807) is 17.3 Å². The van der Waals surface area contributed by atoms with Crippen LogP contribution in [0.5, 0.6) is 5.75 Å². The molecule has 0 unspecified atom stereocenters. The number of ether oxygens (including phenoxy) is 1. The minimum Gasteiger partial charge on any atom is -0.494 e. The van der Waals surface area contributed by atoms with Crippen LogP contribution in [-0.4, -0.2) is 41.5 Å². The lowest BCUT2D eigenvalue weighted by molar-refractivity contribution is -0.118. The number of fused-ring (bicyclic) bond motifs is 1. The number of rotatable bonds is 6. The van der Waals surface area contributed by atoms with Crippen LogP contribution >= 0.6 is 0 Å². The molecule has 4 rings (SSSR count). The second-order valence-corrected chi connectivity index (χ2v) is 7.46. The van der Waals surface area contributed by atoms with Gasteiger partial charge in [-0.05, 0) is 75.0 Å². The Labute approximate surface area is 161 Å². The summed E-state index contributed by atoms with van der Waals surface area (Å²) in [5.41, 5.74) is 2.92. The zero-order valence-corrected chi connectivity index (χ0v) is 15.9. The molecule has 5 nitrogen and oxygen atoms in total. The highest BCUT2D eigenvalue weighted by Gasteiger charge is 2.26. The number of aromatic nitrogens is 1. The minimum absolute atomic E-state index is 0.115. The van der Waals surface area contributed by atoms with E-state index in [0.717, 1.165) is 48.7 Å². The van der Waals surface area contributed by atoms with Crippen molar-refractivity contribution in [3.05, 3.63) is 48.3 Å². The molecule has 5 heteroatoms. The van der Waals surface area contributed by atoms with Gasteiger partial charge in [0.05, 0.1) is 24.2 Å². The third-order valence-corrected chi connectivity index (χ3v) is 5.60. The summed E-state index contributed by atoms with van der Waals surface area (Å²) in [6.07, 6.45) is 8.40. The summed E-state index contributed by atoms with van der Waals surface area (Å²) in [5, 5.41) is 0. The van der Waals surface area contributed by atoms with Crippen molar-refractivity contribution in [2.45, 2.75) is 45.1 Å². The lowest BCUT2D eigenvalue weighted by Gasteiger charge is -2.29. The largest absolute Gasteiger partial charge is 0.494 e. The molecule has 1 aromatic carbocycles. The molecule has 1 atom stereocenters. The summed E-state index contributed by atoms with van der Waals surface area (Å²) >= 11 is 0. The fourth-order valence-electron chi connectivity index (χ4n) is 4.11. The fraction of sp³-hybridized carbons (Fsp3) is 0.455. The number of anilines is 2. The van der Waals surface area contributed by atoms with Crippen LogP contribution in [0, 0.1) is 0 Å². The molecule has 1 aromatic heterocycles. The van der Waals surface area contributed by atoms with Gasteiger partial charge in [0.1, 0.15) is 5.75 Å². The average molecular weight is 365 g/mol. The van der Waals surface area contributed by atoms with Crippen LogP contribution in [0.2, 0.25) is 0 Å². The average Bonchev–Trinajstić information content (AvgIpc) is 3.10. The number of likely N-dealkylation sites (tertiary alicyclic amines) is 1. The predicted octanol–water partition coefficient (Wildman–Crippen LogP) is 3.95. The standard InChI is InChI=1S/C22H27N3O2/c1-17-5-3-12-24(17)13-4-14-27-20-8-9-21-18(15-20)7-10-22(26)25(21)19-6-2-11-23-16-19/h2,6,8-9,11,15-17H,3-5,7,10,12-14H2,1H3/t17-/m1/s1. The number of amides is 1.